The monoisotopic (exact) mass is 424 g/mol. The summed E-state index contributed by atoms with van der Waals surface area (Å²) < 4.78 is 5.90. The Balaban J connectivity index is 1.38. The number of aromatic nitrogens is 1. The van der Waals surface area contributed by atoms with Crippen LogP contribution in [0, 0.1) is 23.2 Å². The lowest BCUT2D eigenvalue weighted by molar-refractivity contribution is -0.149. The summed E-state index contributed by atoms with van der Waals surface area (Å²) in [7, 11) is 0. The quantitative estimate of drug-likeness (QED) is 0.733. The molecule has 2 fully saturated rings. The van der Waals surface area contributed by atoms with Gasteiger partial charge in [-0.15, -0.1) is 11.3 Å². The van der Waals surface area contributed by atoms with Gasteiger partial charge in [0.15, 0.2) is 5.13 Å². The molecule has 5 nitrogen and oxygen atoms in total. The molecule has 3 aliphatic rings. The molecule has 6 heteroatoms. The molecule has 1 aromatic heterocycles. The summed E-state index contributed by atoms with van der Waals surface area (Å²) in [5.41, 5.74) is 2.18. The standard InChI is InChI=1S/C24H28N2O3S/c1-13-16-9-10-24(3)12-17-20(14(2)19(24)21(16)29-22(13)28)26-23(30-17)25-18(27)11-15-7-5-4-6-8-15/h4-8,13-14,16,19,21H,9-12H2,1-3H3,(H,25,26,27)/t13-,14-,16-,19+,21-,24+/m0/s1. The molecule has 1 aliphatic heterocycles. The van der Waals surface area contributed by atoms with Crippen molar-refractivity contribution < 1.29 is 14.3 Å². The van der Waals surface area contributed by atoms with Crippen LogP contribution >= 0.6 is 11.3 Å². The van der Waals surface area contributed by atoms with Crippen LogP contribution in [0.2, 0.25) is 0 Å². The fourth-order valence-electron chi connectivity index (χ4n) is 6.08. The molecule has 158 valence electrons. The number of thiazole rings is 1. The van der Waals surface area contributed by atoms with Crippen LogP contribution in [0.1, 0.15) is 55.7 Å². The molecular formula is C24H28N2O3S. The highest BCUT2D eigenvalue weighted by molar-refractivity contribution is 7.15. The van der Waals surface area contributed by atoms with E-state index in [4.69, 9.17) is 9.72 Å². The fraction of sp³-hybridized carbons (Fsp3) is 0.542. The summed E-state index contributed by atoms with van der Waals surface area (Å²) in [6.07, 6.45) is 3.44. The van der Waals surface area contributed by atoms with Crippen LogP contribution in [0.15, 0.2) is 30.3 Å². The number of anilines is 1. The molecule has 30 heavy (non-hydrogen) atoms. The van der Waals surface area contributed by atoms with Gasteiger partial charge in [0.05, 0.1) is 18.0 Å². The number of hydrogen-bond donors (Lipinski definition) is 1. The largest absolute Gasteiger partial charge is 0.461 e. The van der Waals surface area contributed by atoms with Gasteiger partial charge < -0.3 is 10.1 Å². The maximum absolute atomic E-state index is 12.5. The van der Waals surface area contributed by atoms with Crippen molar-refractivity contribution in [3.63, 3.8) is 0 Å². The number of hydrogen-bond acceptors (Lipinski definition) is 5. The third-order valence-corrected chi connectivity index (χ3v) is 8.60. The zero-order valence-corrected chi connectivity index (χ0v) is 18.5. The van der Waals surface area contributed by atoms with Crippen LogP contribution in [0.5, 0.6) is 0 Å². The van der Waals surface area contributed by atoms with Crippen LogP contribution in [0.3, 0.4) is 0 Å². The fourth-order valence-corrected chi connectivity index (χ4v) is 7.36. The van der Waals surface area contributed by atoms with Gasteiger partial charge in [0.1, 0.15) is 6.10 Å². The summed E-state index contributed by atoms with van der Waals surface area (Å²) in [6.45, 7) is 6.57. The topological polar surface area (TPSA) is 68.3 Å². The van der Waals surface area contributed by atoms with E-state index in [1.54, 1.807) is 11.3 Å². The van der Waals surface area contributed by atoms with Gasteiger partial charge in [-0.05, 0) is 30.2 Å². The van der Waals surface area contributed by atoms with E-state index >= 15 is 0 Å². The van der Waals surface area contributed by atoms with Gasteiger partial charge in [0.2, 0.25) is 5.91 Å². The molecule has 2 aliphatic carbocycles. The minimum atomic E-state index is -0.0422. The van der Waals surface area contributed by atoms with E-state index in [0.717, 1.165) is 30.5 Å². The first-order valence-corrected chi connectivity index (χ1v) is 11.7. The van der Waals surface area contributed by atoms with Crippen LogP contribution in [0.25, 0.3) is 0 Å². The van der Waals surface area contributed by atoms with Crippen LogP contribution in [-0.2, 0) is 27.2 Å². The van der Waals surface area contributed by atoms with Crippen molar-refractivity contribution in [2.45, 2.75) is 58.5 Å². The van der Waals surface area contributed by atoms with E-state index < -0.39 is 0 Å². The van der Waals surface area contributed by atoms with E-state index in [2.05, 4.69) is 19.2 Å². The first-order chi connectivity index (χ1) is 14.4. The van der Waals surface area contributed by atoms with Crippen molar-refractivity contribution >= 4 is 28.3 Å². The molecule has 0 spiro atoms. The number of carbonyl (C=O) groups is 2. The zero-order valence-electron chi connectivity index (χ0n) is 17.7. The van der Waals surface area contributed by atoms with Crippen molar-refractivity contribution in [1.29, 1.82) is 0 Å². The molecular weight excluding hydrogens is 396 g/mol. The van der Waals surface area contributed by atoms with Crippen molar-refractivity contribution in [2.24, 2.45) is 23.2 Å². The number of fused-ring (bicyclic) bond motifs is 4. The Kier molecular flexibility index (Phi) is 4.73. The maximum atomic E-state index is 12.5. The third-order valence-electron chi connectivity index (χ3n) is 7.61. The molecule has 1 saturated carbocycles. The number of amides is 1. The highest BCUT2D eigenvalue weighted by atomic mass is 32.1. The first kappa shape index (κ1) is 19.7. The molecule has 1 N–H and O–H groups in total. The van der Waals surface area contributed by atoms with E-state index in [-0.39, 0.29) is 41.1 Å². The summed E-state index contributed by atoms with van der Waals surface area (Å²) in [5.74, 6) is 0.731. The average Bonchev–Trinajstić information content (AvgIpc) is 3.22. The molecule has 0 unspecified atom stereocenters. The van der Waals surface area contributed by atoms with Gasteiger partial charge in [-0.2, -0.15) is 0 Å². The predicted molar refractivity (Wildman–Crippen MR) is 116 cm³/mol. The maximum Gasteiger partial charge on any atom is 0.309 e. The SMILES string of the molecule is C[C@@H]1C(=O)O[C@H]2[C@H]1CC[C@]1(C)Cc3sc(NC(=O)Cc4ccccc4)nc3[C@@H](C)[C@H]21. The average molecular weight is 425 g/mol. The zero-order chi connectivity index (χ0) is 21.0. The molecule has 1 saturated heterocycles. The van der Waals surface area contributed by atoms with Crippen molar-refractivity contribution in [3.05, 3.63) is 46.5 Å². The number of nitrogens with one attached hydrogen (secondary N) is 1. The molecule has 2 heterocycles. The normalized spacial score (nSPS) is 34.5. The van der Waals surface area contributed by atoms with Gasteiger partial charge in [-0.25, -0.2) is 4.98 Å². The van der Waals surface area contributed by atoms with Crippen molar-refractivity contribution in [2.75, 3.05) is 5.32 Å². The third kappa shape index (κ3) is 3.16. The van der Waals surface area contributed by atoms with Crippen LogP contribution < -0.4 is 5.32 Å². The van der Waals surface area contributed by atoms with E-state index in [0.29, 0.717) is 17.5 Å². The van der Waals surface area contributed by atoms with Gasteiger partial charge in [0.25, 0.3) is 0 Å². The Bertz CT molecular complexity index is 988. The van der Waals surface area contributed by atoms with Crippen molar-refractivity contribution in [3.8, 4) is 0 Å². The number of rotatable bonds is 3. The number of esters is 1. The molecule has 1 aromatic carbocycles. The number of ether oxygens (including phenoxy) is 1. The van der Waals surface area contributed by atoms with Gasteiger partial charge in [0, 0.05) is 22.6 Å². The Hall–Kier alpha value is -2.21. The van der Waals surface area contributed by atoms with E-state index in [1.807, 2.05) is 37.3 Å². The molecule has 0 radical (unpaired) electrons. The predicted octanol–water partition coefficient (Wildman–Crippen LogP) is 4.58. The van der Waals surface area contributed by atoms with Gasteiger partial charge >= 0.3 is 5.97 Å². The summed E-state index contributed by atoms with van der Waals surface area (Å²) >= 11 is 1.61. The molecule has 0 bridgehead atoms. The lowest BCUT2D eigenvalue weighted by atomic mass is 9.54. The smallest absolute Gasteiger partial charge is 0.309 e. The van der Waals surface area contributed by atoms with Crippen molar-refractivity contribution in [1.82, 2.24) is 4.98 Å². The summed E-state index contributed by atoms with van der Waals surface area (Å²) in [5, 5.41) is 3.69. The highest BCUT2D eigenvalue weighted by Gasteiger charge is 2.58. The van der Waals surface area contributed by atoms with E-state index in [1.165, 1.54) is 4.88 Å². The number of benzene rings is 1. The lowest BCUT2D eigenvalue weighted by Crippen LogP contribution is -2.50. The lowest BCUT2D eigenvalue weighted by Gasteiger charge is -2.51. The van der Waals surface area contributed by atoms with Gasteiger partial charge in [-0.1, -0.05) is 51.1 Å². The summed E-state index contributed by atoms with van der Waals surface area (Å²) in [6, 6.07) is 9.75. The van der Waals surface area contributed by atoms with Crippen LogP contribution in [-0.4, -0.2) is 23.0 Å². The molecule has 6 atom stereocenters. The minimum Gasteiger partial charge on any atom is -0.461 e. The molecule has 1 amide bonds. The van der Waals surface area contributed by atoms with Gasteiger partial charge in [-0.3, -0.25) is 9.59 Å². The minimum absolute atomic E-state index is 0.00332. The Morgan fingerprint density at radius 2 is 2.03 bits per heavy atom. The molecule has 2 aromatic rings. The Labute approximate surface area is 181 Å². The summed E-state index contributed by atoms with van der Waals surface area (Å²) in [4.78, 5) is 30.9. The second kappa shape index (κ2) is 7.19. The second-order valence-electron chi connectivity index (χ2n) is 9.58. The molecule has 5 rings (SSSR count). The number of nitrogens with zero attached hydrogens (tertiary/aromatic N) is 1. The Morgan fingerprint density at radius 1 is 1.27 bits per heavy atom. The van der Waals surface area contributed by atoms with E-state index in [9.17, 15) is 9.59 Å². The second-order valence-corrected chi connectivity index (χ2v) is 10.7. The Morgan fingerprint density at radius 3 is 2.80 bits per heavy atom. The first-order valence-electron chi connectivity index (χ1n) is 10.9. The number of carbonyl (C=O) groups excluding carboxylic acids is 2. The van der Waals surface area contributed by atoms with Crippen LogP contribution in [0.4, 0.5) is 5.13 Å². The highest BCUT2D eigenvalue weighted by Crippen LogP contribution is 2.59.